The van der Waals surface area contributed by atoms with Crippen LogP contribution in [0.3, 0.4) is 0 Å². The van der Waals surface area contributed by atoms with E-state index in [1.54, 1.807) is 12.3 Å². The van der Waals surface area contributed by atoms with Crippen molar-refractivity contribution >= 4 is 11.8 Å². The number of carbonyl (C=O) groups is 2. The van der Waals surface area contributed by atoms with Crippen molar-refractivity contribution < 1.29 is 19.4 Å². The summed E-state index contributed by atoms with van der Waals surface area (Å²) < 4.78 is 5.47. The van der Waals surface area contributed by atoms with E-state index in [0.29, 0.717) is 38.0 Å². The van der Waals surface area contributed by atoms with E-state index in [9.17, 15) is 14.7 Å². The fourth-order valence-electron chi connectivity index (χ4n) is 3.95. The molecule has 2 aliphatic rings. The normalized spacial score (nSPS) is 23.0. The molecule has 3 unspecified atom stereocenters. The molecule has 0 bridgehead atoms. The first-order valence-corrected chi connectivity index (χ1v) is 10.0. The summed E-state index contributed by atoms with van der Waals surface area (Å²) in [4.78, 5) is 29.4. The summed E-state index contributed by atoms with van der Waals surface area (Å²) in [5.41, 5.74) is 2.36. The zero-order valence-electron chi connectivity index (χ0n) is 16.1. The molecule has 3 atom stereocenters. The van der Waals surface area contributed by atoms with Gasteiger partial charge in [0.05, 0.1) is 31.0 Å². The number of aliphatic hydroxyl groups is 1. The van der Waals surface area contributed by atoms with Crippen LogP contribution in [0.1, 0.15) is 40.9 Å². The number of aromatic nitrogens is 1. The third kappa shape index (κ3) is 4.56. The van der Waals surface area contributed by atoms with E-state index in [4.69, 9.17) is 4.74 Å². The Kier molecular flexibility index (Phi) is 5.76. The zero-order valence-corrected chi connectivity index (χ0v) is 16.1. The second-order valence-electron chi connectivity index (χ2n) is 7.62. The Bertz CT molecular complexity index is 887. The molecule has 4 rings (SSSR count). The Balaban J connectivity index is 1.34. The molecule has 1 aromatic carbocycles. The summed E-state index contributed by atoms with van der Waals surface area (Å²) in [5.74, 6) is 0.263. The number of ether oxygens (including phenoxy) is 1. The number of aliphatic hydroxyl groups excluding tert-OH is 1. The van der Waals surface area contributed by atoms with Gasteiger partial charge in [0.1, 0.15) is 5.75 Å². The number of amides is 2. The molecule has 1 saturated carbocycles. The average Bonchev–Trinajstić information content (AvgIpc) is 3.22. The van der Waals surface area contributed by atoms with Gasteiger partial charge in [-0.3, -0.25) is 14.6 Å². The molecule has 2 heterocycles. The maximum Gasteiger partial charge on any atom is 0.251 e. The van der Waals surface area contributed by atoms with Gasteiger partial charge in [0.25, 0.3) is 5.91 Å². The molecule has 1 fully saturated rings. The molecule has 7 heteroatoms. The first-order chi connectivity index (χ1) is 14.1. The summed E-state index contributed by atoms with van der Waals surface area (Å²) in [6.07, 6.45) is 3.31. The van der Waals surface area contributed by atoms with E-state index < -0.39 is 12.1 Å². The van der Waals surface area contributed by atoms with Crippen LogP contribution >= 0.6 is 0 Å². The molecular formula is C22H25N3O4. The number of pyridine rings is 1. The van der Waals surface area contributed by atoms with Crippen LogP contribution in [0, 0.1) is 5.92 Å². The third-order valence-electron chi connectivity index (χ3n) is 5.62. The van der Waals surface area contributed by atoms with Crippen molar-refractivity contribution in [3.63, 3.8) is 0 Å². The molecule has 7 nitrogen and oxygen atoms in total. The van der Waals surface area contributed by atoms with Crippen molar-refractivity contribution in [2.45, 2.75) is 44.4 Å². The molecule has 1 aromatic heterocycles. The summed E-state index contributed by atoms with van der Waals surface area (Å²) in [5, 5.41) is 16.2. The third-order valence-corrected chi connectivity index (χ3v) is 5.62. The Morgan fingerprint density at radius 1 is 1.21 bits per heavy atom. The zero-order chi connectivity index (χ0) is 20.2. The maximum atomic E-state index is 12.7. The minimum atomic E-state index is -0.656. The van der Waals surface area contributed by atoms with Crippen molar-refractivity contribution in [3.05, 3.63) is 59.4 Å². The van der Waals surface area contributed by atoms with Crippen LogP contribution in [-0.4, -0.2) is 40.7 Å². The Hall–Kier alpha value is -2.93. The van der Waals surface area contributed by atoms with Crippen LogP contribution in [0.4, 0.5) is 0 Å². The van der Waals surface area contributed by atoms with Gasteiger partial charge in [0.15, 0.2) is 0 Å². The van der Waals surface area contributed by atoms with Crippen LogP contribution < -0.4 is 15.4 Å². The van der Waals surface area contributed by atoms with Crippen molar-refractivity contribution in [2.24, 2.45) is 5.92 Å². The lowest BCUT2D eigenvalue weighted by Crippen LogP contribution is -2.49. The molecule has 2 amide bonds. The van der Waals surface area contributed by atoms with Gasteiger partial charge in [0, 0.05) is 24.1 Å². The molecule has 2 aromatic rings. The van der Waals surface area contributed by atoms with Gasteiger partial charge in [0.2, 0.25) is 5.91 Å². The molecule has 152 valence electrons. The second-order valence-corrected chi connectivity index (χ2v) is 7.62. The van der Waals surface area contributed by atoms with Gasteiger partial charge in [-0.2, -0.15) is 0 Å². The van der Waals surface area contributed by atoms with Crippen molar-refractivity contribution in [3.8, 4) is 5.75 Å². The van der Waals surface area contributed by atoms with Gasteiger partial charge in [-0.1, -0.05) is 6.07 Å². The van der Waals surface area contributed by atoms with E-state index >= 15 is 0 Å². The first-order valence-electron chi connectivity index (χ1n) is 10.0. The Labute approximate surface area is 169 Å². The van der Waals surface area contributed by atoms with Crippen LogP contribution in [-0.2, 0) is 17.8 Å². The van der Waals surface area contributed by atoms with Crippen LogP contribution in [0.25, 0.3) is 0 Å². The predicted octanol–water partition coefficient (Wildman–Crippen LogP) is 1.59. The summed E-state index contributed by atoms with van der Waals surface area (Å²) >= 11 is 0. The van der Waals surface area contributed by atoms with Gasteiger partial charge < -0.3 is 20.5 Å². The van der Waals surface area contributed by atoms with E-state index in [1.165, 1.54) is 0 Å². The highest BCUT2D eigenvalue weighted by atomic mass is 16.5. The highest BCUT2D eigenvalue weighted by Crippen LogP contribution is 2.27. The topological polar surface area (TPSA) is 101 Å². The molecule has 29 heavy (non-hydrogen) atoms. The number of nitrogens with one attached hydrogen (secondary N) is 2. The average molecular weight is 395 g/mol. The second kappa shape index (κ2) is 8.61. The lowest BCUT2D eigenvalue weighted by atomic mass is 9.83. The molecule has 0 spiro atoms. The molecule has 0 saturated heterocycles. The molecular weight excluding hydrogens is 370 g/mol. The number of carbonyl (C=O) groups excluding carboxylic acids is 2. The summed E-state index contributed by atoms with van der Waals surface area (Å²) in [7, 11) is 0. The number of hydrogen-bond acceptors (Lipinski definition) is 5. The smallest absolute Gasteiger partial charge is 0.251 e. The predicted molar refractivity (Wildman–Crippen MR) is 106 cm³/mol. The fraction of sp³-hybridized carbons (Fsp3) is 0.409. The molecule has 3 N–H and O–H groups in total. The minimum Gasteiger partial charge on any atom is -0.493 e. The van der Waals surface area contributed by atoms with Crippen molar-refractivity contribution in [1.82, 2.24) is 15.6 Å². The largest absolute Gasteiger partial charge is 0.493 e. The number of benzene rings is 1. The Morgan fingerprint density at radius 3 is 2.93 bits per heavy atom. The number of hydrogen-bond donors (Lipinski definition) is 3. The lowest BCUT2D eigenvalue weighted by molar-refractivity contribution is -0.127. The van der Waals surface area contributed by atoms with Crippen molar-refractivity contribution in [1.29, 1.82) is 0 Å². The monoisotopic (exact) mass is 395 g/mol. The van der Waals surface area contributed by atoms with Gasteiger partial charge in [-0.05, 0) is 55.2 Å². The van der Waals surface area contributed by atoms with E-state index in [2.05, 4.69) is 15.6 Å². The van der Waals surface area contributed by atoms with E-state index in [0.717, 1.165) is 23.4 Å². The first kappa shape index (κ1) is 19.4. The SMILES string of the molecule is O=C(NC1CC(C(=O)NCc2ccccn2)CCC1O)c1ccc2c(c1)CCO2. The standard InChI is InChI=1S/C22H25N3O4/c26-19-6-4-16(21(27)24-13-17-3-1-2-9-23-17)12-18(19)25-22(28)15-5-7-20-14(11-15)8-10-29-20/h1-3,5,7,9,11,16,18-19,26H,4,6,8,10,12-13H2,(H,24,27)(H,25,28). The molecule has 0 radical (unpaired) electrons. The lowest BCUT2D eigenvalue weighted by Gasteiger charge is -2.33. The Morgan fingerprint density at radius 2 is 2.10 bits per heavy atom. The van der Waals surface area contributed by atoms with Crippen LogP contribution in [0.15, 0.2) is 42.6 Å². The van der Waals surface area contributed by atoms with Crippen molar-refractivity contribution in [2.75, 3.05) is 6.61 Å². The fourth-order valence-corrected chi connectivity index (χ4v) is 3.95. The van der Waals surface area contributed by atoms with E-state index in [-0.39, 0.29) is 17.7 Å². The molecule has 1 aliphatic heterocycles. The number of rotatable bonds is 5. The van der Waals surface area contributed by atoms with Crippen LogP contribution in [0.5, 0.6) is 5.75 Å². The highest BCUT2D eigenvalue weighted by Gasteiger charge is 2.34. The van der Waals surface area contributed by atoms with E-state index in [1.807, 2.05) is 30.3 Å². The number of nitrogens with zero attached hydrogens (tertiary/aromatic N) is 1. The highest BCUT2D eigenvalue weighted by molar-refractivity contribution is 5.95. The summed E-state index contributed by atoms with van der Waals surface area (Å²) in [6, 6.07) is 10.5. The quantitative estimate of drug-likeness (QED) is 0.714. The van der Waals surface area contributed by atoms with Gasteiger partial charge >= 0.3 is 0 Å². The summed E-state index contributed by atoms with van der Waals surface area (Å²) in [6.45, 7) is 1.00. The maximum absolute atomic E-state index is 12.7. The van der Waals surface area contributed by atoms with Gasteiger partial charge in [-0.15, -0.1) is 0 Å². The number of fused-ring (bicyclic) bond motifs is 1. The minimum absolute atomic E-state index is 0.0727. The van der Waals surface area contributed by atoms with Crippen LogP contribution in [0.2, 0.25) is 0 Å². The van der Waals surface area contributed by atoms with Gasteiger partial charge in [-0.25, -0.2) is 0 Å². The molecule has 1 aliphatic carbocycles.